The summed E-state index contributed by atoms with van der Waals surface area (Å²) in [5.74, 6) is 0. The van der Waals surface area contributed by atoms with Crippen molar-refractivity contribution in [2.24, 2.45) is 0 Å². The summed E-state index contributed by atoms with van der Waals surface area (Å²) >= 11 is 0. The Hall–Kier alpha value is -1.64. The summed E-state index contributed by atoms with van der Waals surface area (Å²) in [6.45, 7) is 6.30. The predicted octanol–water partition coefficient (Wildman–Crippen LogP) is 2.32. The molecule has 2 aliphatic heterocycles. The summed E-state index contributed by atoms with van der Waals surface area (Å²) in [5, 5.41) is 0. The fourth-order valence-electron chi connectivity index (χ4n) is 4.46. The van der Waals surface area contributed by atoms with Gasteiger partial charge in [0, 0.05) is 17.6 Å². The second-order valence-electron chi connectivity index (χ2n) is 6.81. The first-order valence-electron chi connectivity index (χ1n) is 8.69. The van der Waals surface area contributed by atoms with Gasteiger partial charge in [0.25, 0.3) is 0 Å². The van der Waals surface area contributed by atoms with Crippen LogP contribution < -0.4 is 17.0 Å². The molecule has 124 valence electrons. The molecule has 0 unspecified atom stereocenters. The lowest BCUT2D eigenvalue weighted by atomic mass is 9.82. The highest BCUT2D eigenvalue weighted by atomic mass is 79.9. The summed E-state index contributed by atoms with van der Waals surface area (Å²) in [5.41, 5.74) is 5.66. The first kappa shape index (κ1) is 17.2. The summed E-state index contributed by atoms with van der Waals surface area (Å²) in [7, 11) is 0. The van der Waals surface area contributed by atoms with E-state index in [1.165, 1.54) is 48.1 Å². The summed E-state index contributed by atoms with van der Waals surface area (Å²) < 4.78 is 1.05. The van der Waals surface area contributed by atoms with Crippen molar-refractivity contribution >= 4 is 5.57 Å². The van der Waals surface area contributed by atoms with Gasteiger partial charge in [-0.2, -0.15) is 0 Å². The molecule has 0 saturated carbocycles. The van der Waals surface area contributed by atoms with E-state index < -0.39 is 0 Å². The Morgan fingerprint density at radius 1 is 1.00 bits per heavy atom. The van der Waals surface area contributed by atoms with Crippen molar-refractivity contribution in [1.29, 1.82) is 0 Å². The number of benzene rings is 2. The topological polar surface area (TPSA) is 0 Å². The van der Waals surface area contributed by atoms with Crippen molar-refractivity contribution < 1.29 is 21.5 Å². The summed E-state index contributed by atoms with van der Waals surface area (Å²) in [4.78, 5) is 0. The third-order valence-corrected chi connectivity index (χ3v) is 5.47. The number of nitrogens with zero attached hydrogens (tertiary/aromatic N) is 1. The predicted molar refractivity (Wildman–Crippen MR) is 96.7 cm³/mol. The Labute approximate surface area is 155 Å². The van der Waals surface area contributed by atoms with Gasteiger partial charge in [0.2, 0.25) is 0 Å². The Morgan fingerprint density at radius 3 is 2.54 bits per heavy atom. The van der Waals surface area contributed by atoms with E-state index in [2.05, 4.69) is 73.5 Å². The van der Waals surface area contributed by atoms with E-state index >= 15 is 0 Å². The monoisotopic (exact) mass is 381 g/mol. The highest BCUT2D eigenvalue weighted by Crippen LogP contribution is 2.47. The van der Waals surface area contributed by atoms with E-state index in [0.717, 1.165) is 11.0 Å². The molecule has 0 spiro atoms. The molecule has 1 fully saturated rings. The van der Waals surface area contributed by atoms with Crippen molar-refractivity contribution in [1.82, 2.24) is 0 Å². The van der Waals surface area contributed by atoms with Gasteiger partial charge < -0.3 is 17.0 Å². The highest BCUT2D eigenvalue weighted by molar-refractivity contribution is 5.81. The van der Waals surface area contributed by atoms with Crippen LogP contribution in [0.5, 0.6) is 0 Å². The minimum absolute atomic E-state index is 0. The van der Waals surface area contributed by atoms with Crippen molar-refractivity contribution in [3.63, 3.8) is 0 Å². The van der Waals surface area contributed by atoms with Gasteiger partial charge in [0.05, 0.1) is 6.54 Å². The van der Waals surface area contributed by atoms with E-state index in [9.17, 15) is 0 Å². The minimum atomic E-state index is 0. The lowest BCUT2D eigenvalue weighted by Gasteiger charge is -2.48. The molecular weight excluding hydrogens is 358 g/mol. The first-order chi connectivity index (χ1) is 11.3. The van der Waals surface area contributed by atoms with Crippen LogP contribution in [-0.2, 0) is 0 Å². The second-order valence-corrected chi connectivity index (χ2v) is 6.81. The fraction of sp³-hybridized carbons (Fsp3) is 0.273. The molecular formula is C22H24BrN. The summed E-state index contributed by atoms with van der Waals surface area (Å²) in [6.07, 6.45) is 8.56. The van der Waals surface area contributed by atoms with Crippen molar-refractivity contribution in [2.75, 3.05) is 13.1 Å². The van der Waals surface area contributed by atoms with Crippen LogP contribution in [0.2, 0.25) is 0 Å². The molecule has 2 atom stereocenters. The number of piperidine rings is 1. The number of hydrogen-bond acceptors (Lipinski definition) is 0. The van der Waals surface area contributed by atoms with E-state index in [1.54, 1.807) is 0 Å². The van der Waals surface area contributed by atoms with Gasteiger partial charge in [-0.3, -0.25) is 4.48 Å². The molecule has 0 N–H and O–H groups in total. The van der Waals surface area contributed by atoms with Crippen LogP contribution in [0.3, 0.4) is 0 Å². The molecule has 0 bridgehead atoms. The number of rotatable bonds is 3. The normalized spacial score (nSPS) is 24.8. The van der Waals surface area contributed by atoms with Crippen molar-refractivity contribution in [3.8, 4) is 0 Å². The third-order valence-electron chi connectivity index (χ3n) is 5.47. The standard InChI is InChI=1S/C22H24N.BrH/c1-2-15-23-16-9-8-14-22(23)20-13-7-6-12-19(20)21(17-23)18-10-4-3-5-11-18;/h2-7,10-13,17,22H,1,8-9,14-16H2;1H/q+1;/p-1/t22-,23+;/m1./s1. The van der Waals surface area contributed by atoms with E-state index in [1.807, 2.05) is 0 Å². The molecule has 1 saturated heterocycles. The Bertz CT molecular complexity index is 750. The van der Waals surface area contributed by atoms with Gasteiger partial charge in [-0.1, -0.05) is 61.2 Å². The molecule has 0 aliphatic carbocycles. The maximum absolute atomic E-state index is 4.05. The zero-order valence-corrected chi connectivity index (χ0v) is 15.6. The average Bonchev–Trinajstić information content (AvgIpc) is 2.62. The largest absolute Gasteiger partial charge is 1.00 e. The highest BCUT2D eigenvalue weighted by Gasteiger charge is 2.43. The lowest BCUT2D eigenvalue weighted by molar-refractivity contribution is -0.910. The van der Waals surface area contributed by atoms with Crippen molar-refractivity contribution in [2.45, 2.75) is 25.3 Å². The average molecular weight is 382 g/mol. The van der Waals surface area contributed by atoms with Crippen molar-refractivity contribution in [3.05, 3.63) is 90.1 Å². The van der Waals surface area contributed by atoms with Gasteiger partial charge in [-0.15, -0.1) is 0 Å². The zero-order chi connectivity index (χ0) is 15.7. The maximum Gasteiger partial charge on any atom is 0.120 e. The lowest BCUT2D eigenvalue weighted by Crippen LogP contribution is -3.00. The smallest absolute Gasteiger partial charge is 0.120 e. The van der Waals surface area contributed by atoms with Gasteiger partial charge >= 0.3 is 0 Å². The molecule has 2 heterocycles. The zero-order valence-electron chi connectivity index (χ0n) is 14.0. The van der Waals surface area contributed by atoms with E-state index in [0.29, 0.717) is 6.04 Å². The molecule has 2 aromatic carbocycles. The van der Waals surface area contributed by atoms with E-state index in [4.69, 9.17) is 0 Å². The minimum Gasteiger partial charge on any atom is -1.00 e. The Kier molecular flexibility index (Phi) is 5.07. The summed E-state index contributed by atoms with van der Waals surface area (Å²) in [6, 6.07) is 20.4. The van der Waals surface area contributed by atoms with Gasteiger partial charge in [0.1, 0.15) is 18.8 Å². The Morgan fingerprint density at radius 2 is 1.75 bits per heavy atom. The molecule has 0 aromatic heterocycles. The number of hydrogen-bond donors (Lipinski definition) is 0. The van der Waals surface area contributed by atoms with Crippen LogP contribution in [0.1, 0.15) is 42.0 Å². The Balaban J connectivity index is 0.00000169. The molecule has 1 nitrogen and oxygen atoms in total. The quantitative estimate of drug-likeness (QED) is 0.565. The van der Waals surface area contributed by atoms with Crippen LogP contribution in [0.25, 0.3) is 5.57 Å². The molecule has 2 aromatic rings. The fourth-order valence-corrected chi connectivity index (χ4v) is 4.46. The van der Waals surface area contributed by atoms with Crippen LogP contribution in [-0.4, -0.2) is 17.6 Å². The number of halogens is 1. The third kappa shape index (κ3) is 2.78. The van der Waals surface area contributed by atoms with Gasteiger partial charge in [0.15, 0.2) is 0 Å². The number of quaternary nitrogens is 1. The molecule has 0 radical (unpaired) electrons. The van der Waals surface area contributed by atoms with Gasteiger partial charge in [-0.05, 0) is 30.0 Å². The SMILES string of the molecule is C=CC[N@+]12C=C(c3ccccc3)c3ccccc3[C@H]1CCCC2.[Br-]. The first-order valence-corrected chi connectivity index (χ1v) is 8.69. The van der Waals surface area contributed by atoms with Gasteiger partial charge in [-0.25, -0.2) is 0 Å². The molecule has 4 rings (SSSR count). The molecule has 2 heteroatoms. The van der Waals surface area contributed by atoms with Crippen LogP contribution in [0, 0.1) is 0 Å². The molecule has 0 amide bonds. The second kappa shape index (κ2) is 7.08. The maximum atomic E-state index is 4.05. The van der Waals surface area contributed by atoms with Crippen LogP contribution in [0.4, 0.5) is 0 Å². The van der Waals surface area contributed by atoms with E-state index in [-0.39, 0.29) is 17.0 Å². The number of fused-ring (bicyclic) bond motifs is 3. The van der Waals surface area contributed by atoms with Crippen LogP contribution in [0.15, 0.2) is 73.5 Å². The molecule has 2 aliphatic rings. The van der Waals surface area contributed by atoms with Crippen LogP contribution >= 0.6 is 0 Å². The molecule has 24 heavy (non-hydrogen) atoms.